The van der Waals surface area contributed by atoms with Gasteiger partial charge in [0.25, 0.3) is 0 Å². The lowest BCUT2D eigenvalue weighted by atomic mass is 10.6. The van der Waals surface area contributed by atoms with Crippen molar-refractivity contribution in [2.75, 3.05) is 0 Å². The second-order valence-electron chi connectivity index (χ2n) is 1.54. The average Bonchev–Trinajstić information content (AvgIpc) is 1.85. The van der Waals surface area contributed by atoms with Crippen molar-refractivity contribution in [3.8, 4) is 0 Å². The number of hydrogen-bond acceptors (Lipinski definition) is 5. The van der Waals surface area contributed by atoms with Crippen LogP contribution in [-0.2, 0) is 23.2 Å². The number of esters is 1. The fourth-order valence-electron chi connectivity index (χ4n) is 0.354. The number of carbonyl (C=O) groups is 1. The topological polar surface area (TPSA) is 69.7 Å². The Balaban J connectivity index is 3.77. The third kappa shape index (κ3) is 5.51. The molecule has 1 unspecified atom stereocenters. The third-order valence-corrected chi connectivity index (χ3v) is 1.15. The molecule has 0 saturated carbocycles. The van der Waals surface area contributed by atoms with Gasteiger partial charge in [0.05, 0.1) is 0 Å². The molecule has 0 aliphatic heterocycles. The van der Waals surface area contributed by atoms with Crippen molar-refractivity contribution in [2.45, 2.75) is 13.2 Å². The summed E-state index contributed by atoms with van der Waals surface area (Å²) in [4.78, 5) is 10.4. The van der Waals surface area contributed by atoms with E-state index in [0.717, 1.165) is 6.08 Å². The van der Waals surface area contributed by atoms with Gasteiger partial charge >= 0.3 is 13.9 Å². The molecule has 1 atom stereocenters. The van der Waals surface area contributed by atoms with Crippen LogP contribution in [0.4, 0.5) is 0 Å². The van der Waals surface area contributed by atoms with Crippen molar-refractivity contribution in [3.05, 3.63) is 12.7 Å². The Morgan fingerprint density at radius 1 is 1.64 bits per heavy atom. The monoisotopic (exact) mass is 178 g/mol. The van der Waals surface area contributed by atoms with Gasteiger partial charge in [-0.25, -0.2) is 18.4 Å². The Morgan fingerprint density at radius 2 is 2.18 bits per heavy atom. The van der Waals surface area contributed by atoms with Crippen molar-refractivity contribution in [1.82, 2.24) is 0 Å². The van der Waals surface area contributed by atoms with E-state index in [-0.39, 0.29) is 0 Å². The molecule has 0 radical (unpaired) electrons. The van der Waals surface area contributed by atoms with E-state index in [0.29, 0.717) is 0 Å². The summed E-state index contributed by atoms with van der Waals surface area (Å²) in [5.41, 5.74) is 0. The molecule has 0 aromatic heterocycles. The molecule has 0 aromatic rings. The van der Waals surface area contributed by atoms with E-state index in [1.54, 1.807) is 0 Å². The molecule has 0 spiro atoms. The normalized spacial score (nSPS) is 11.7. The van der Waals surface area contributed by atoms with Crippen molar-refractivity contribution in [3.63, 3.8) is 0 Å². The van der Waals surface area contributed by atoms with Crippen LogP contribution in [0.25, 0.3) is 0 Å². The van der Waals surface area contributed by atoms with Crippen LogP contribution >= 0.6 is 7.91 Å². The second-order valence-corrected chi connectivity index (χ2v) is 2.20. The van der Waals surface area contributed by atoms with Crippen LogP contribution < -0.4 is 0 Å². The third-order valence-electron chi connectivity index (χ3n) is 0.683. The summed E-state index contributed by atoms with van der Waals surface area (Å²) in [5, 5.41) is 0. The Kier molecular flexibility index (Phi) is 4.41. The maximum absolute atomic E-state index is 10.4. The molecule has 11 heavy (non-hydrogen) atoms. The van der Waals surface area contributed by atoms with Gasteiger partial charge in [-0.2, -0.15) is 0 Å². The van der Waals surface area contributed by atoms with Gasteiger partial charge < -0.3 is 4.74 Å². The van der Waals surface area contributed by atoms with Crippen molar-refractivity contribution in [2.24, 2.45) is 0 Å². The van der Waals surface area contributed by atoms with Gasteiger partial charge in [-0.1, -0.05) is 6.58 Å². The highest BCUT2D eigenvalue weighted by molar-refractivity contribution is 7.24. The Labute approximate surface area is 63.9 Å². The van der Waals surface area contributed by atoms with Crippen LogP contribution in [0.3, 0.4) is 0 Å². The Morgan fingerprint density at radius 3 is 2.55 bits per heavy atom. The highest BCUT2D eigenvalue weighted by Gasteiger charge is 2.08. The fraction of sp³-hybridized carbons (Fsp3) is 0.400. The van der Waals surface area contributed by atoms with Gasteiger partial charge in [0.2, 0.25) is 6.29 Å². The van der Waals surface area contributed by atoms with Gasteiger partial charge in [0.1, 0.15) is 0 Å². The minimum absolute atomic E-state index is 0.727. The largest absolute Gasteiger partial charge is 0.471 e. The predicted octanol–water partition coefficient (Wildman–Crippen LogP) is 1.17. The Bertz CT molecular complexity index is 211. The first kappa shape index (κ1) is 10.1. The second kappa shape index (κ2) is 4.82. The molecule has 0 amide bonds. The lowest BCUT2D eigenvalue weighted by Crippen LogP contribution is -2.12. The minimum Gasteiger partial charge on any atom is -0.432 e. The molecule has 0 aromatic carbocycles. The number of ether oxygens (including phenoxy) is 1. The van der Waals surface area contributed by atoms with Crippen molar-refractivity contribution in [1.29, 1.82) is 0 Å². The first-order valence-corrected chi connectivity index (χ1v) is 3.80. The Hall–Kier alpha value is -0.930. The zero-order valence-corrected chi connectivity index (χ0v) is 6.74. The molecule has 0 heterocycles. The minimum atomic E-state index is -2.99. The molecular formula is C5H7O5P. The average molecular weight is 178 g/mol. The van der Waals surface area contributed by atoms with Crippen molar-refractivity contribution < 1.29 is 23.2 Å². The molecule has 0 aliphatic carbocycles. The van der Waals surface area contributed by atoms with Crippen LogP contribution in [0.1, 0.15) is 6.92 Å². The van der Waals surface area contributed by atoms with E-state index in [4.69, 9.17) is 0 Å². The molecule has 5 nitrogen and oxygen atoms in total. The van der Waals surface area contributed by atoms with E-state index in [2.05, 4.69) is 15.8 Å². The summed E-state index contributed by atoms with van der Waals surface area (Å²) in [5.74, 6) is -0.727. The first-order valence-electron chi connectivity index (χ1n) is 2.70. The summed E-state index contributed by atoms with van der Waals surface area (Å²) in [6, 6.07) is 0. The first-order chi connectivity index (χ1) is 5.06. The quantitative estimate of drug-likeness (QED) is 0.279. The fourth-order valence-corrected chi connectivity index (χ4v) is 0.640. The van der Waals surface area contributed by atoms with Gasteiger partial charge in [0.15, 0.2) is 0 Å². The summed E-state index contributed by atoms with van der Waals surface area (Å²) in [7, 11) is -2.99. The van der Waals surface area contributed by atoms with E-state index >= 15 is 0 Å². The lowest BCUT2D eigenvalue weighted by Gasteiger charge is -2.05. The zero-order chi connectivity index (χ0) is 8.85. The summed E-state index contributed by atoms with van der Waals surface area (Å²) in [6.07, 6.45) is -0.181. The highest BCUT2D eigenvalue weighted by Crippen LogP contribution is 2.10. The van der Waals surface area contributed by atoms with Gasteiger partial charge in [-0.15, -0.1) is 0 Å². The predicted molar refractivity (Wildman–Crippen MR) is 35.1 cm³/mol. The van der Waals surface area contributed by atoms with E-state index < -0.39 is 20.2 Å². The number of rotatable bonds is 4. The van der Waals surface area contributed by atoms with Crippen LogP contribution in [0, 0.1) is 0 Å². The number of carbonyl (C=O) groups excluding carboxylic acids is 1. The summed E-state index contributed by atoms with van der Waals surface area (Å²) < 4.78 is 28.2. The molecule has 0 saturated heterocycles. The molecule has 0 fully saturated rings. The molecule has 0 rings (SSSR count). The van der Waals surface area contributed by atoms with Gasteiger partial charge in [0, 0.05) is 6.08 Å². The maximum atomic E-state index is 10.4. The summed E-state index contributed by atoms with van der Waals surface area (Å²) >= 11 is 0. The van der Waals surface area contributed by atoms with Crippen LogP contribution in [0.15, 0.2) is 12.7 Å². The molecule has 0 bridgehead atoms. The molecule has 0 N–H and O–H groups in total. The van der Waals surface area contributed by atoms with E-state index in [1.165, 1.54) is 6.92 Å². The van der Waals surface area contributed by atoms with Gasteiger partial charge in [-0.05, 0) is 6.92 Å². The molecule has 0 aliphatic rings. The highest BCUT2D eigenvalue weighted by atomic mass is 31.1. The standard InChI is InChI=1S/C5H7O5P/c1-3-5(6)9-4(2)10-11(7)8/h3-4H,1H2,2H3. The molecule has 62 valence electrons. The zero-order valence-electron chi connectivity index (χ0n) is 5.85. The van der Waals surface area contributed by atoms with Crippen LogP contribution in [0.2, 0.25) is 0 Å². The smallest absolute Gasteiger partial charge is 0.432 e. The van der Waals surface area contributed by atoms with Crippen LogP contribution in [-0.4, -0.2) is 12.3 Å². The molecule has 6 heteroatoms. The number of hydrogen-bond donors (Lipinski definition) is 0. The molecular weight excluding hydrogens is 171 g/mol. The van der Waals surface area contributed by atoms with E-state index in [1.807, 2.05) is 0 Å². The van der Waals surface area contributed by atoms with E-state index in [9.17, 15) is 13.9 Å². The summed E-state index contributed by atoms with van der Waals surface area (Å²) in [6.45, 7) is 4.40. The SMILES string of the molecule is C=CC(=O)OC(C)OP(=O)=O. The van der Waals surface area contributed by atoms with Crippen LogP contribution in [0.5, 0.6) is 0 Å². The lowest BCUT2D eigenvalue weighted by molar-refractivity contribution is -0.154. The van der Waals surface area contributed by atoms with Crippen molar-refractivity contribution >= 4 is 13.9 Å². The maximum Gasteiger partial charge on any atom is 0.471 e. The van der Waals surface area contributed by atoms with Gasteiger partial charge in [-0.3, -0.25) is 0 Å².